The molecule has 76 valence electrons. The summed E-state index contributed by atoms with van der Waals surface area (Å²) in [7, 11) is 0. The lowest BCUT2D eigenvalue weighted by atomic mass is 9.74. The minimum atomic E-state index is -1.36. The first-order valence-electron chi connectivity index (χ1n) is 4.85. The monoisotopic (exact) mass is 186 g/mol. The summed E-state index contributed by atoms with van der Waals surface area (Å²) in [5, 5.41) is 0. The molecule has 1 fully saturated rings. The number of rotatable bonds is 2. The highest BCUT2D eigenvalue weighted by Gasteiger charge is 2.62. The average molecular weight is 186 g/mol. The van der Waals surface area contributed by atoms with E-state index >= 15 is 0 Å². The van der Waals surface area contributed by atoms with E-state index in [1.165, 1.54) is 13.8 Å². The molecule has 13 heavy (non-hydrogen) atoms. The second kappa shape index (κ2) is 2.55. The van der Waals surface area contributed by atoms with Crippen LogP contribution in [0.1, 0.15) is 47.5 Å². The Morgan fingerprint density at radius 1 is 1.15 bits per heavy atom. The second-order valence-electron chi connectivity index (χ2n) is 5.63. The van der Waals surface area contributed by atoms with Crippen molar-refractivity contribution in [3.8, 4) is 0 Å². The van der Waals surface area contributed by atoms with Crippen LogP contribution in [0.25, 0.3) is 0 Å². The molecule has 0 bridgehead atoms. The summed E-state index contributed by atoms with van der Waals surface area (Å²) < 4.78 is 13.8. The number of Topliss-reactive ketones (excluding diaryl/α,β-unsaturated/α-hetero) is 1. The standard InChI is InChI=1S/C11H19FO/c1-9(2,3)8(13)11(6-7-11)10(4,5)12/h6-7H2,1-5H3. The second-order valence-corrected chi connectivity index (χ2v) is 5.63. The molecule has 0 aromatic carbocycles. The van der Waals surface area contributed by atoms with E-state index in [1.54, 1.807) is 0 Å². The first kappa shape index (κ1) is 10.7. The van der Waals surface area contributed by atoms with Crippen molar-refractivity contribution in [2.75, 3.05) is 0 Å². The molecule has 1 nitrogen and oxygen atoms in total. The zero-order chi connectivity index (χ0) is 10.5. The fraction of sp³-hybridized carbons (Fsp3) is 0.909. The first-order valence-corrected chi connectivity index (χ1v) is 4.85. The lowest BCUT2D eigenvalue weighted by Gasteiger charge is -2.31. The highest BCUT2D eigenvalue weighted by Crippen LogP contribution is 2.58. The van der Waals surface area contributed by atoms with E-state index in [2.05, 4.69) is 0 Å². The van der Waals surface area contributed by atoms with Crippen LogP contribution in [0.5, 0.6) is 0 Å². The molecular weight excluding hydrogens is 167 g/mol. The Kier molecular flexibility index (Phi) is 2.10. The Morgan fingerprint density at radius 2 is 1.54 bits per heavy atom. The summed E-state index contributed by atoms with van der Waals surface area (Å²) in [4.78, 5) is 12.0. The third kappa shape index (κ3) is 1.63. The molecule has 1 aliphatic rings. The predicted molar refractivity (Wildman–Crippen MR) is 51.3 cm³/mol. The topological polar surface area (TPSA) is 17.1 Å². The predicted octanol–water partition coefficient (Wildman–Crippen LogP) is 3.13. The smallest absolute Gasteiger partial charge is 0.147 e. The van der Waals surface area contributed by atoms with Gasteiger partial charge in [-0.05, 0) is 26.7 Å². The summed E-state index contributed by atoms with van der Waals surface area (Å²) in [6.45, 7) is 8.62. The molecule has 0 unspecified atom stereocenters. The minimum Gasteiger partial charge on any atom is -0.298 e. The molecule has 0 saturated heterocycles. The Bertz CT molecular complexity index is 225. The van der Waals surface area contributed by atoms with Gasteiger partial charge in [0.15, 0.2) is 0 Å². The molecule has 0 N–H and O–H groups in total. The van der Waals surface area contributed by atoms with Gasteiger partial charge in [-0.25, -0.2) is 4.39 Å². The minimum absolute atomic E-state index is 0.0764. The molecular formula is C11H19FO. The summed E-state index contributed by atoms with van der Waals surface area (Å²) in [5.41, 5.74) is -2.46. The van der Waals surface area contributed by atoms with Crippen LogP contribution in [-0.2, 0) is 4.79 Å². The van der Waals surface area contributed by atoms with Crippen molar-refractivity contribution in [1.29, 1.82) is 0 Å². The van der Waals surface area contributed by atoms with E-state index < -0.39 is 16.5 Å². The highest BCUT2D eigenvalue weighted by molar-refractivity contribution is 5.92. The number of carbonyl (C=O) groups excluding carboxylic acids is 1. The quantitative estimate of drug-likeness (QED) is 0.647. The van der Waals surface area contributed by atoms with Crippen molar-refractivity contribution < 1.29 is 9.18 Å². The van der Waals surface area contributed by atoms with E-state index in [-0.39, 0.29) is 5.78 Å². The van der Waals surface area contributed by atoms with Gasteiger partial charge in [-0.1, -0.05) is 20.8 Å². The van der Waals surface area contributed by atoms with Crippen LogP contribution < -0.4 is 0 Å². The van der Waals surface area contributed by atoms with Gasteiger partial charge in [0.2, 0.25) is 0 Å². The summed E-state index contributed by atoms with van der Waals surface area (Å²) in [6, 6.07) is 0. The van der Waals surface area contributed by atoms with Crippen LogP contribution in [0.2, 0.25) is 0 Å². The molecule has 0 amide bonds. The van der Waals surface area contributed by atoms with E-state index in [4.69, 9.17) is 0 Å². The van der Waals surface area contributed by atoms with Crippen LogP contribution in [0, 0.1) is 10.8 Å². The van der Waals surface area contributed by atoms with E-state index in [0.717, 1.165) is 0 Å². The van der Waals surface area contributed by atoms with Crippen molar-refractivity contribution in [2.24, 2.45) is 10.8 Å². The maximum Gasteiger partial charge on any atom is 0.147 e. The lowest BCUT2D eigenvalue weighted by Crippen LogP contribution is -2.41. The van der Waals surface area contributed by atoms with Gasteiger partial charge in [0.05, 0.1) is 5.41 Å². The molecule has 0 heterocycles. The SMILES string of the molecule is CC(C)(C)C(=O)C1(C(C)(C)F)CC1. The maximum absolute atomic E-state index is 13.8. The van der Waals surface area contributed by atoms with Crippen molar-refractivity contribution in [2.45, 2.75) is 53.1 Å². The Balaban J connectivity index is 2.91. The van der Waals surface area contributed by atoms with Gasteiger partial charge < -0.3 is 0 Å². The molecule has 0 radical (unpaired) electrons. The molecule has 0 spiro atoms. The van der Waals surface area contributed by atoms with Gasteiger partial charge in [0, 0.05) is 5.41 Å². The van der Waals surface area contributed by atoms with Crippen LogP contribution in [0.4, 0.5) is 4.39 Å². The molecule has 0 aromatic rings. The van der Waals surface area contributed by atoms with Crippen molar-refractivity contribution in [3.05, 3.63) is 0 Å². The normalized spacial score (nSPS) is 21.4. The van der Waals surface area contributed by atoms with Gasteiger partial charge >= 0.3 is 0 Å². The third-order valence-electron chi connectivity index (χ3n) is 3.00. The largest absolute Gasteiger partial charge is 0.298 e. The molecule has 1 rings (SSSR count). The molecule has 2 heteroatoms. The fourth-order valence-corrected chi connectivity index (χ4v) is 1.93. The fourth-order valence-electron chi connectivity index (χ4n) is 1.93. The van der Waals surface area contributed by atoms with Crippen LogP contribution in [-0.4, -0.2) is 11.5 Å². The van der Waals surface area contributed by atoms with E-state index in [9.17, 15) is 9.18 Å². The van der Waals surface area contributed by atoms with Crippen LogP contribution in [0.15, 0.2) is 0 Å². The van der Waals surface area contributed by atoms with Gasteiger partial charge in [0.1, 0.15) is 11.5 Å². The molecule has 0 aromatic heterocycles. The number of halogens is 1. The third-order valence-corrected chi connectivity index (χ3v) is 3.00. The number of hydrogen-bond donors (Lipinski definition) is 0. The molecule has 1 saturated carbocycles. The zero-order valence-electron chi connectivity index (χ0n) is 9.20. The Labute approximate surface area is 79.7 Å². The van der Waals surface area contributed by atoms with Gasteiger partial charge in [-0.15, -0.1) is 0 Å². The Hall–Kier alpha value is -0.400. The summed E-state index contributed by atoms with van der Waals surface area (Å²) in [5.74, 6) is 0.0764. The number of carbonyl (C=O) groups is 1. The van der Waals surface area contributed by atoms with Crippen molar-refractivity contribution in [3.63, 3.8) is 0 Å². The lowest BCUT2D eigenvalue weighted by molar-refractivity contribution is -0.137. The Morgan fingerprint density at radius 3 is 1.62 bits per heavy atom. The van der Waals surface area contributed by atoms with Crippen LogP contribution in [0.3, 0.4) is 0 Å². The average Bonchev–Trinajstić information content (AvgIpc) is 2.60. The molecule has 1 aliphatic carbocycles. The van der Waals surface area contributed by atoms with Crippen LogP contribution >= 0.6 is 0 Å². The first-order chi connectivity index (χ1) is 5.61. The summed E-state index contributed by atoms with van der Waals surface area (Å²) in [6.07, 6.45) is 1.43. The maximum atomic E-state index is 13.8. The summed E-state index contributed by atoms with van der Waals surface area (Å²) >= 11 is 0. The van der Waals surface area contributed by atoms with Crippen molar-refractivity contribution >= 4 is 5.78 Å². The van der Waals surface area contributed by atoms with E-state index in [0.29, 0.717) is 12.8 Å². The zero-order valence-corrected chi connectivity index (χ0v) is 9.20. The molecule has 0 aliphatic heterocycles. The van der Waals surface area contributed by atoms with Crippen molar-refractivity contribution in [1.82, 2.24) is 0 Å². The van der Waals surface area contributed by atoms with Gasteiger partial charge in [-0.3, -0.25) is 4.79 Å². The number of ketones is 1. The highest BCUT2D eigenvalue weighted by atomic mass is 19.1. The van der Waals surface area contributed by atoms with Gasteiger partial charge in [0.25, 0.3) is 0 Å². The molecule has 0 atom stereocenters. The van der Waals surface area contributed by atoms with Gasteiger partial charge in [-0.2, -0.15) is 0 Å². The number of hydrogen-bond acceptors (Lipinski definition) is 1. The number of alkyl halides is 1. The van der Waals surface area contributed by atoms with E-state index in [1.807, 2.05) is 20.8 Å².